The molecule has 3 aromatic heterocycles. The predicted molar refractivity (Wildman–Crippen MR) is 126 cm³/mol. The first-order valence-corrected chi connectivity index (χ1v) is 11.4. The number of aromatic nitrogens is 6. The van der Waals surface area contributed by atoms with E-state index in [9.17, 15) is 9.59 Å². The van der Waals surface area contributed by atoms with Crippen LogP contribution in [0, 0.1) is 13.8 Å². The Kier molecular flexibility index (Phi) is 8.40. The van der Waals surface area contributed by atoms with Crippen molar-refractivity contribution < 1.29 is 9.59 Å². The monoisotopic (exact) mass is 492 g/mol. The van der Waals surface area contributed by atoms with E-state index in [0.29, 0.717) is 43.0 Å². The molecule has 0 spiro atoms. The first kappa shape index (κ1) is 24.7. The molecule has 0 fully saturated rings. The minimum atomic E-state index is -0.803. The van der Waals surface area contributed by atoms with Crippen LogP contribution < -0.4 is 10.6 Å². The number of hydrogen-bond acceptors (Lipinski definition) is 6. The summed E-state index contributed by atoms with van der Waals surface area (Å²) in [5, 5.41) is 16.7. The summed E-state index contributed by atoms with van der Waals surface area (Å²) < 4.78 is 1.56. The minimum Gasteiger partial charge on any atom is -0.339 e. The van der Waals surface area contributed by atoms with Gasteiger partial charge >= 0.3 is 0 Å². The largest absolute Gasteiger partial charge is 0.339 e. The van der Waals surface area contributed by atoms with Gasteiger partial charge in [-0.25, -0.2) is 9.97 Å². The van der Waals surface area contributed by atoms with E-state index >= 15 is 0 Å². The summed E-state index contributed by atoms with van der Waals surface area (Å²) in [6.45, 7) is 6.16. The molecule has 0 aromatic carbocycles. The Morgan fingerprint density at radius 3 is 2.52 bits per heavy atom. The molecule has 1 atom stereocenters. The lowest BCUT2D eigenvalue weighted by Gasteiger charge is -2.19. The average Bonchev–Trinajstić information content (AvgIpc) is 3.39. The summed E-state index contributed by atoms with van der Waals surface area (Å²) in [5.41, 5.74) is 3.25. The van der Waals surface area contributed by atoms with Crippen LogP contribution in [-0.2, 0) is 11.3 Å². The average molecular weight is 493 g/mol. The van der Waals surface area contributed by atoms with Gasteiger partial charge in [-0.05, 0) is 46.1 Å². The van der Waals surface area contributed by atoms with Gasteiger partial charge in [0.15, 0.2) is 5.82 Å². The molecule has 3 N–H and O–H groups in total. The number of rotatable bonds is 10. The molecule has 0 aliphatic rings. The molecule has 2 amide bonds. The predicted octanol–water partition coefficient (Wildman–Crippen LogP) is 3.41. The highest BCUT2D eigenvalue weighted by Crippen LogP contribution is 2.22. The van der Waals surface area contributed by atoms with E-state index < -0.39 is 16.8 Å². The Morgan fingerprint density at radius 1 is 1.18 bits per heavy atom. The zero-order valence-electron chi connectivity index (χ0n) is 18.6. The molecule has 3 aromatic rings. The zero-order chi connectivity index (χ0) is 24.0. The molecule has 0 aliphatic carbocycles. The van der Waals surface area contributed by atoms with Crippen LogP contribution in [0.25, 0.3) is 11.4 Å². The zero-order valence-corrected chi connectivity index (χ0v) is 20.1. The Balaban J connectivity index is 1.71. The number of nitrogens with one attached hydrogen (secondary N) is 3. The molecule has 0 saturated heterocycles. The Labute approximate surface area is 201 Å². The molecule has 3 heterocycles. The molecule has 0 bridgehead atoms. The third-order valence-corrected chi connectivity index (χ3v) is 5.49. The van der Waals surface area contributed by atoms with E-state index in [1.165, 1.54) is 12.4 Å². The van der Waals surface area contributed by atoms with Gasteiger partial charge in [0.05, 0.1) is 29.3 Å². The highest BCUT2D eigenvalue weighted by atomic mass is 35.5. The number of nitrogens with zero attached hydrogens (tertiary/aromatic N) is 5. The van der Waals surface area contributed by atoms with Gasteiger partial charge in [0.1, 0.15) is 16.6 Å². The Bertz CT molecular complexity index is 1070. The van der Waals surface area contributed by atoms with Gasteiger partial charge in [-0.2, -0.15) is 10.2 Å². The van der Waals surface area contributed by atoms with Crippen LogP contribution in [0.5, 0.6) is 0 Å². The number of anilines is 1. The van der Waals surface area contributed by atoms with Gasteiger partial charge in [0.25, 0.3) is 5.91 Å². The standard InChI is InChI=1S/C21H26Cl2N8O2/c1-4-31-16(8-9-26-31)21(33)28-15(6-5-7-17(22)23)20(32)27-14-10-24-19(25-11-14)18-12(2)29-30-13(18)3/h8-11,15,17H,4-7H2,1-3H3,(H,27,32)(H,28,33)(H,29,30)/t15-/m0/s1. The second-order valence-electron chi connectivity index (χ2n) is 7.47. The number of carbonyl (C=O) groups is 2. The summed E-state index contributed by atoms with van der Waals surface area (Å²) in [4.78, 5) is 33.9. The number of H-pyrrole nitrogens is 1. The summed E-state index contributed by atoms with van der Waals surface area (Å²) in [6, 6.07) is 0.802. The van der Waals surface area contributed by atoms with Crippen molar-refractivity contribution in [2.75, 3.05) is 5.32 Å². The smallest absolute Gasteiger partial charge is 0.270 e. The van der Waals surface area contributed by atoms with E-state index in [0.717, 1.165) is 17.0 Å². The van der Waals surface area contributed by atoms with Crippen molar-refractivity contribution in [2.24, 2.45) is 0 Å². The number of hydrogen-bond donors (Lipinski definition) is 3. The third-order valence-electron chi connectivity index (χ3n) is 5.06. The van der Waals surface area contributed by atoms with Crippen molar-refractivity contribution in [1.82, 2.24) is 35.3 Å². The SMILES string of the molecule is CCn1nccc1C(=O)N[C@@H](CCCC(Cl)Cl)C(=O)Nc1cnc(-c2c(C)n[nH]c2C)nc1. The van der Waals surface area contributed by atoms with Crippen LogP contribution >= 0.6 is 23.2 Å². The van der Waals surface area contributed by atoms with E-state index in [1.807, 2.05) is 20.8 Å². The van der Waals surface area contributed by atoms with E-state index in [4.69, 9.17) is 23.2 Å². The summed E-state index contributed by atoms with van der Waals surface area (Å²) in [5.74, 6) is -0.274. The van der Waals surface area contributed by atoms with Crippen LogP contribution in [0.15, 0.2) is 24.7 Å². The van der Waals surface area contributed by atoms with Gasteiger partial charge in [-0.3, -0.25) is 19.4 Å². The molecule has 0 unspecified atom stereocenters. The van der Waals surface area contributed by atoms with Crippen molar-refractivity contribution in [3.8, 4) is 11.4 Å². The molecule has 33 heavy (non-hydrogen) atoms. The van der Waals surface area contributed by atoms with E-state index in [1.54, 1.807) is 16.9 Å². The number of halogens is 2. The van der Waals surface area contributed by atoms with E-state index in [2.05, 4.69) is 35.9 Å². The molecule has 12 heteroatoms. The molecule has 176 valence electrons. The van der Waals surface area contributed by atoms with Crippen LogP contribution in [-0.4, -0.2) is 52.6 Å². The number of carbonyl (C=O) groups excluding carboxylic acids is 2. The van der Waals surface area contributed by atoms with Crippen LogP contribution in [0.2, 0.25) is 0 Å². The topological polar surface area (TPSA) is 130 Å². The van der Waals surface area contributed by atoms with Gasteiger partial charge in [-0.15, -0.1) is 23.2 Å². The highest BCUT2D eigenvalue weighted by molar-refractivity contribution is 6.44. The van der Waals surface area contributed by atoms with Crippen molar-refractivity contribution in [2.45, 2.75) is 57.5 Å². The number of amides is 2. The normalized spacial score (nSPS) is 12.1. The van der Waals surface area contributed by atoms with Crippen molar-refractivity contribution in [1.29, 1.82) is 0 Å². The maximum Gasteiger partial charge on any atom is 0.270 e. The molecule has 10 nitrogen and oxygen atoms in total. The fourth-order valence-corrected chi connectivity index (χ4v) is 3.69. The lowest BCUT2D eigenvalue weighted by Crippen LogP contribution is -2.44. The first-order valence-electron chi connectivity index (χ1n) is 10.6. The number of aromatic amines is 1. The molecular formula is C21H26Cl2N8O2. The minimum absolute atomic E-state index is 0.361. The second-order valence-corrected chi connectivity index (χ2v) is 8.75. The Hall–Kier alpha value is -2.98. The number of aryl methyl sites for hydroxylation is 3. The third kappa shape index (κ3) is 6.29. The van der Waals surface area contributed by atoms with Crippen LogP contribution in [0.4, 0.5) is 5.69 Å². The van der Waals surface area contributed by atoms with Crippen LogP contribution in [0.1, 0.15) is 48.1 Å². The molecule has 0 radical (unpaired) electrons. The van der Waals surface area contributed by atoms with Crippen molar-refractivity contribution in [3.05, 3.63) is 41.7 Å². The lowest BCUT2D eigenvalue weighted by molar-refractivity contribution is -0.118. The fraction of sp³-hybridized carbons (Fsp3) is 0.429. The molecular weight excluding hydrogens is 467 g/mol. The molecule has 3 rings (SSSR count). The van der Waals surface area contributed by atoms with Crippen molar-refractivity contribution in [3.63, 3.8) is 0 Å². The summed E-state index contributed by atoms with van der Waals surface area (Å²) >= 11 is 11.6. The van der Waals surface area contributed by atoms with Gasteiger partial charge in [-0.1, -0.05) is 0 Å². The summed E-state index contributed by atoms with van der Waals surface area (Å²) in [6.07, 6.45) is 5.99. The van der Waals surface area contributed by atoms with Gasteiger partial charge in [0, 0.05) is 18.4 Å². The maximum atomic E-state index is 13.0. The van der Waals surface area contributed by atoms with E-state index in [-0.39, 0.29) is 5.91 Å². The lowest BCUT2D eigenvalue weighted by atomic mass is 10.1. The fourth-order valence-electron chi connectivity index (χ4n) is 3.39. The number of alkyl halides is 2. The van der Waals surface area contributed by atoms with Gasteiger partial charge in [0.2, 0.25) is 5.91 Å². The first-order chi connectivity index (χ1) is 15.8. The van der Waals surface area contributed by atoms with Gasteiger partial charge < -0.3 is 10.6 Å². The highest BCUT2D eigenvalue weighted by Gasteiger charge is 2.23. The van der Waals surface area contributed by atoms with Crippen molar-refractivity contribution >= 4 is 40.7 Å². The molecule has 0 aliphatic heterocycles. The van der Waals surface area contributed by atoms with Crippen LogP contribution in [0.3, 0.4) is 0 Å². The Morgan fingerprint density at radius 2 is 1.91 bits per heavy atom. The maximum absolute atomic E-state index is 13.0. The summed E-state index contributed by atoms with van der Waals surface area (Å²) in [7, 11) is 0. The quantitative estimate of drug-likeness (QED) is 0.371. The molecule has 0 saturated carbocycles. The second kappa shape index (κ2) is 11.2.